The van der Waals surface area contributed by atoms with Crippen molar-refractivity contribution in [3.63, 3.8) is 0 Å². The third-order valence-corrected chi connectivity index (χ3v) is 6.31. The number of hydrogen-bond acceptors (Lipinski definition) is 10. The number of carboxylic acid groups (broad SMARTS) is 2. The molecule has 0 radical (unpaired) electrons. The first-order valence-electron chi connectivity index (χ1n) is 13.5. The third-order valence-electron chi connectivity index (χ3n) is 6.31. The van der Waals surface area contributed by atoms with Crippen LogP contribution in [-0.2, 0) is 40.4 Å². The van der Waals surface area contributed by atoms with Gasteiger partial charge < -0.3 is 24.4 Å². The molecule has 3 aromatic heterocycles. The normalized spacial score (nSPS) is 16.9. The quantitative estimate of drug-likeness (QED) is 0.452. The van der Waals surface area contributed by atoms with Crippen molar-refractivity contribution in [3.8, 4) is 0 Å². The molecule has 0 atom stereocenters. The average molecular weight is 566 g/mol. The Morgan fingerprint density at radius 2 is 1.02 bits per heavy atom. The number of nitrogens with zero attached hydrogens (tertiary/aromatic N) is 5. The van der Waals surface area contributed by atoms with Gasteiger partial charge in [-0.1, -0.05) is 18.2 Å². The van der Waals surface area contributed by atoms with Gasteiger partial charge in [0.25, 0.3) is 0 Å². The highest BCUT2D eigenvalue weighted by atomic mass is 16.5. The summed E-state index contributed by atoms with van der Waals surface area (Å²) in [6.45, 7) is 5.80. The van der Waals surface area contributed by atoms with Crippen LogP contribution in [0.1, 0.15) is 43.8 Å². The van der Waals surface area contributed by atoms with Gasteiger partial charge in [-0.3, -0.25) is 14.8 Å². The first-order chi connectivity index (χ1) is 20.0. The van der Waals surface area contributed by atoms with E-state index in [0.29, 0.717) is 90.3 Å². The molecule has 3 aromatic rings. The molecule has 0 amide bonds. The van der Waals surface area contributed by atoms with Gasteiger partial charge in [0.05, 0.1) is 62.4 Å². The second-order valence-corrected chi connectivity index (χ2v) is 9.52. The van der Waals surface area contributed by atoms with Crippen LogP contribution in [0.2, 0.25) is 0 Å². The van der Waals surface area contributed by atoms with Crippen molar-refractivity contribution >= 4 is 11.9 Å². The summed E-state index contributed by atoms with van der Waals surface area (Å²) in [5, 5.41) is 18.7. The van der Waals surface area contributed by atoms with E-state index >= 15 is 0 Å². The molecule has 0 aromatic carbocycles. The molecule has 218 valence electrons. The molecule has 2 N–H and O–H groups in total. The highest BCUT2D eigenvalue weighted by Gasteiger charge is 2.15. The lowest BCUT2D eigenvalue weighted by Crippen LogP contribution is -2.30. The molecule has 1 aliphatic heterocycles. The van der Waals surface area contributed by atoms with Crippen LogP contribution in [0.25, 0.3) is 0 Å². The first-order valence-corrected chi connectivity index (χ1v) is 13.5. The summed E-state index contributed by atoms with van der Waals surface area (Å²) in [5.41, 5.74) is 3.00. The second kappa shape index (κ2) is 15.8. The van der Waals surface area contributed by atoms with E-state index in [0.717, 1.165) is 11.4 Å². The van der Waals surface area contributed by atoms with Crippen LogP contribution in [0.4, 0.5) is 0 Å². The van der Waals surface area contributed by atoms with E-state index in [1.807, 2.05) is 30.3 Å². The second-order valence-electron chi connectivity index (χ2n) is 9.52. The molecule has 0 aliphatic carbocycles. The predicted molar refractivity (Wildman–Crippen MR) is 147 cm³/mol. The van der Waals surface area contributed by atoms with Crippen LogP contribution in [0, 0.1) is 0 Å². The highest BCUT2D eigenvalue weighted by molar-refractivity contribution is 5.85. The maximum Gasteiger partial charge on any atom is 0.354 e. The molecular weight excluding hydrogens is 530 g/mol. The van der Waals surface area contributed by atoms with E-state index in [1.54, 1.807) is 12.1 Å². The van der Waals surface area contributed by atoms with Gasteiger partial charge in [-0.2, -0.15) is 0 Å². The molecule has 0 saturated carbocycles. The van der Waals surface area contributed by atoms with Gasteiger partial charge in [-0.05, 0) is 36.4 Å². The number of rotatable bonds is 6. The lowest BCUT2D eigenvalue weighted by Gasteiger charge is -2.24. The number of pyridine rings is 3. The summed E-state index contributed by atoms with van der Waals surface area (Å²) in [7, 11) is 0. The molecule has 0 spiro atoms. The van der Waals surface area contributed by atoms with E-state index in [1.165, 1.54) is 12.1 Å². The van der Waals surface area contributed by atoms with Crippen molar-refractivity contribution in [2.75, 3.05) is 52.7 Å². The Labute approximate surface area is 238 Å². The number of ether oxygens (including phenoxy) is 3. The third kappa shape index (κ3) is 10.3. The molecule has 1 aliphatic rings. The van der Waals surface area contributed by atoms with Gasteiger partial charge in [0.15, 0.2) is 0 Å². The highest BCUT2D eigenvalue weighted by Crippen LogP contribution is 2.12. The smallest absolute Gasteiger partial charge is 0.354 e. The first kappa shape index (κ1) is 30.2. The number of carbonyl (C=O) groups is 2. The van der Waals surface area contributed by atoms with E-state index in [4.69, 9.17) is 19.2 Å². The van der Waals surface area contributed by atoms with Crippen molar-refractivity contribution in [1.29, 1.82) is 0 Å². The number of aromatic carboxylic acids is 2. The summed E-state index contributed by atoms with van der Waals surface area (Å²) in [5.74, 6) is -2.13. The van der Waals surface area contributed by atoms with Gasteiger partial charge >= 0.3 is 11.9 Å². The van der Waals surface area contributed by atoms with Crippen LogP contribution in [0.3, 0.4) is 0 Å². The molecule has 12 nitrogen and oxygen atoms in total. The summed E-state index contributed by atoms with van der Waals surface area (Å²) < 4.78 is 17.1. The molecule has 12 heteroatoms. The molecule has 0 fully saturated rings. The van der Waals surface area contributed by atoms with Gasteiger partial charge in [0, 0.05) is 39.3 Å². The van der Waals surface area contributed by atoms with Crippen molar-refractivity contribution in [1.82, 2.24) is 24.8 Å². The number of carboxylic acids is 2. The Balaban J connectivity index is 1.52. The number of fused-ring (bicyclic) bond motifs is 2. The molecule has 2 bridgehead atoms. The molecule has 0 unspecified atom stereocenters. The fourth-order valence-electron chi connectivity index (χ4n) is 4.35. The Kier molecular flexibility index (Phi) is 11.7. The zero-order valence-corrected chi connectivity index (χ0v) is 22.9. The van der Waals surface area contributed by atoms with Crippen molar-refractivity contribution in [3.05, 3.63) is 88.8 Å². The zero-order chi connectivity index (χ0) is 28.9. The van der Waals surface area contributed by atoms with E-state index in [2.05, 4.69) is 19.8 Å². The monoisotopic (exact) mass is 565 g/mol. The van der Waals surface area contributed by atoms with Crippen LogP contribution in [-0.4, -0.2) is 99.6 Å². The molecule has 4 rings (SSSR count). The minimum Gasteiger partial charge on any atom is -0.477 e. The van der Waals surface area contributed by atoms with Gasteiger partial charge in [0.2, 0.25) is 0 Å². The summed E-state index contributed by atoms with van der Waals surface area (Å²) in [4.78, 5) is 40.5. The zero-order valence-electron chi connectivity index (χ0n) is 22.9. The Hall–Kier alpha value is -3.81. The van der Waals surface area contributed by atoms with E-state index < -0.39 is 11.9 Å². The van der Waals surface area contributed by atoms with E-state index in [-0.39, 0.29) is 11.4 Å². The largest absolute Gasteiger partial charge is 0.477 e. The average Bonchev–Trinajstić information content (AvgIpc) is 2.95. The van der Waals surface area contributed by atoms with Crippen molar-refractivity contribution in [2.24, 2.45) is 0 Å². The Morgan fingerprint density at radius 1 is 0.610 bits per heavy atom. The van der Waals surface area contributed by atoms with Gasteiger partial charge in [0.1, 0.15) is 11.4 Å². The topological polar surface area (TPSA) is 147 Å². The SMILES string of the molecule is O=C(O)c1cccc(CN2CCOCCOCCOCCN(Cc3cccc(C(=O)O)n3)Cc3cccc(n3)C2)n1. The molecule has 41 heavy (non-hydrogen) atoms. The molecule has 4 heterocycles. The molecular formula is C29H35N5O7. The minimum atomic E-state index is -1.07. The van der Waals surface area contributed by atoms with Gasteiger partial charge in [-0.15, -0.1) is 0 Å². The Morgan fingerprint density at radius 3 is 1.46 bits per heavy atom. The lowest BCUT2D eigenvalue weighted by molar-refractivity contribution is 0.00534. The van der Waals surface area contributed by atoms with Gasteiger partial charge in [-0.25, -0.2) is 19.6 Å². The van der Waals surface area contributed by atoms with Crippen molar-refractivity contribution < 1.29 is 34.0 Å². The number of hydrogen-bond donors (Lipinski definition) is 2. The Bertz CT molecular complexity index is 1200. The van der Waals surface area contributed by atoms with Crippen LogP contribution in [0.15, 0.2) is 54.6 Å². The lowest BCUT2D eigenvalue weighted by atomic mass is 10.2. The van der Waals surface area contributed by atoms with Crippen molar-refractivity contribution in [2.45, 2.75) is 26.2 Å². The standard InChI is InChI=1S/C29H35N5O7/c35-28(36)26-8-2-6-24(31-26)20-33-10-12-39-14-16-41-17-15-40-13-11-34(19-23-5-1-4-22(18-33)30-23)21-25-7-3-9-27(32-25)29(37)38/h1-9H,10-21H2,(H,35,36)(H,37,38). The fourth-order valence-corrected chi connectivity index (χ4v) is 4.35. The fraction of sp³-hybridized carbons (Fsp3) is 0.414. The predicted octanol–water partition coefficient (Wildman–Crippen LogP) is 2.34. The summed E-state index contributed by atoms with van der Waals surface area (Å²) in [6, 6.07) is 15.8. The minimum absolute atomic E-state index is 0.00450. The van der Waals surface area contributed by atoms with Crippen LogP contribution in [0.5, 0.6) is 0 Å². The van der Waals surface area contributed by atoms with Crippen LogP contribution >= 0.6 is 0 Å². The number of aromatic nitrogens is 3. The van der Waals surface area contributed by atoms with E-state index in [9.17, 15) is 19.8 Å². The van der Waals surface area contributed by atoms with Crippen LogP contribution < -0.4 is 0 Å². The maximum atomic E-state index is 11.4. The summed E-state index contributed by atoms with van der Waals surface area (Å²) >= 11 is 0. The molecule has 0 saturated heterocycles. The summed E-state index contributed by atoms with van der Waals surface area (Å²) in [6.07, 6.45) is 0. The maximum absolute atomic E-state index is 11.4.